The van der Waals surface area contributed by atoms with E-state index in [1.807, 2.05) is 18.2 Å². The minimum atomic E-state index is 0.298. The first-order valence-electron chi connectivity index (χ1n) is 6.40. The molecule has 3 heteroatoms. The Morgan fingerprint density at radius 1 is 1.44 bits per heavy atom. The molecule has 0 radical (unpaired) electrons. The molecule has 0 aliphatic heterocycles. The predicted molar refractivity (Wildman–Crippen MR) is 78.5 cm³/mol. The predicted octanol–water partition coefficient (Wildman–Crippen LogP) is 4.36. The molecular weight excluding hydrogens is 246 g/mol. The fraction of sp³-hybridized carbons (Fsp3) is 0.467. The monoisotopic (exact) mass is 267 g/mol. The van der Waals surface area contributed by atoms with Crippen LogP contribution >= 0.6 is 11.6 Å². The van der Waals surface area contributed by atoms with E-state index in [9.17, 15) is 0 Å². The molecule has 0 amide bonds. The molecule has 0 aliphatic rings. The molecular formula is C15H22ClNO. The third kappa shape index (κ3) is 4.35. The van der Waals surface area contributed by atoms with Gasteiger partial charge in [0.1, 0.15) is 12.4 Å². The molecule has 0 heterocycles. The number of nitrogens with one attached hydrogen (secondary N) is 1. The van der Waals surface area contributed by atoms with E-state index < -0.39 is 0 Å². The Kier molecular flexibility index (Phi) is 6.23. The fourth-order valence-corrected chi connectivity index (χ4v) is 1.85. The van der Waals surface area contributed by atoms with Gasteiger partial charge in [-0.25, -0.2) is 0 Å². The Balaban J connectivity index is 2.70. The highest BCUT2D eigenvalue weighted by atomic mass is 35.5. The zero-order valence-corrected chi connectivity index (χ0v) is 12.2. The third-order valence-corrected chi connectivity index (χ3v) is 3.19. The SMILES string of the molecule is C=C(CC)COc1ccc(C(C)NCC)cc1Cl. The molecule has 0 aliphatic carbocycles. The fourth-order valence-electron chi connectivity index (χ4n) is 1.61. The maximum atomic E-state index is 6.22. The van der Waals surface area contributed by atoms with Crippen LogP contribution in [0.4, 0.5) is 0 Å². The summed E-state index contributed by atoms with van der Waals surface area (Å²) in [7, 11) is 0. The number of benzene rings is 1. The second kappa shape index (κ2) is 7.45. The van der Waals surface area contributed by atoms with Gasteiger partial charge >= 0.3 is 0 Å². The van der Waals surface area contributed by atoms with Crippen molar-refractivity contribution in [2.45, 2.75) is 33.2 Å². The molecule has 1 aromatic rings. The van der Waals surface area contributed by atoms with Crippen LogP contribution in [-0.4, -0.2) is 13.2 Å². The van der Waals surface area contributed by atoms with Crippen molar-refractivity contribution >= 4 is 11.6 Å². The minimum Gasteiger partial charge on any atom is -0.488 e. The molecule has 1 atom stereocenters. The first-order valence-corrected chi connectivity index (χ1v) is 6.78. The molecule has 100 valence electrons. The zero-order chi connectivity index (χ0) is 13.5. The Hall–Kier alpha value is -0.990. The van der Waals surface area contributed by atoms with Crippen LogP contribution in [0.5, 0.6) is 5.75 Å². The number of hydrogen-bond donors (Lipinski definition) is 1. The smallest absolute Gasteiger partial charge is 0.138 e. The molecule has 0 bridgehead atoms. The normalized spacial score (nSPS) is 12.2. The number of hydrogen-bond acceptors (Lipinski definition) is 2. The van der Waals surface area contributed by atoms with E-state index >= 15 is 0 Å². The summed E-state index contributed by atoms with van der Waals surface area (Å²) >= 11 is 6.22. The van der Waals surface area contributed by atoms with Gasteiger partial charge in [0.25, 0.3) is 0 Å². The van der Waals surface area contributed by atoms with Crippen LogP contribution in [0.2, 0.25) is 5.02 Å². The van der Waals surface area contributed by atoms with Gasteiger partial charge in [-0.05, 0) is 43.2 Å². The van der Waals surface area contributed by atoms with Gasteiger partial charge in [0, 0.05) is 6.04 Å². The summed E-state index contributed by atoms with van der Waals surface area (Å²) in [6, 6.07) is 6.23. The first-order chi connectivity index (χ1) is 8.58. The van der Waals surface area contributed by atoms with Crippen LogP contribution in [0.25, 0.3) is 0 Å². The summed E-state index contributed by atoms with van der Waals surface area (Å²) in [6.07, 6.45) is 0.924. The highest BCUT2D eigenvalue weighted by molar-refractivity contribution is 6.32. The summed E-state index contributed by atoms with van der Waals surface area (Å²) < 4.78 is 5.63. The van der Waals surface area contributed by atoms with Gasteiger partial charge in [-0.3, -0.25) is 0 Å². The molecule has 0 saturated heterocycles. The molecule has 1 rings (SSSR count). The van der Waals surface area contributed by atoms with Crippen LogP contribution in [0, 0.1) is 0 Å². The third-order valence-electron chi connectivity index (χ3n) is 2.90. The van der Waals surface area contributed by atoms with E-state index in [0.717, 1.165) is 24.3 Å². The van der Waals surface area contributed by atoms with Crippen molar-refractivity contribution in [2.75, 3.05) is 13.2 Å². The quantitative estimate of drug-likeness (QED) is 0.742. The summed E-state index contributed by atoms with van der Waals surface area (Å²) in [5, 5.41) is 4.01. The lowest BCUT2D eigenvalue weighted by atomic mass is 10.1. The van der Waals surface area contributed by atoms with Crippen molar-refractivity contribution in [3.63, 3.8) is 0 Å². The standard InChI is InChI=1S/C15H22ClNO/c1-5-11(3)10-18-15-8-7-13(9-14(15)16)12(4)17-6-2/h7-9,12,17H,3,5-6,10H2,1-2,4H3. The Morgan fingerprint density at radius 2 is 2.17 bits per heavy atom. The summed E-state index contributed by atoms with van der Waals surface area (Å²) in [6.45, 7) is 11.6. The van der Waals surface area contributed by atoms with Crippen LogP contribution in [0.1, 0.15) is 38.8 Å². The van der Waals surface area contributed by atoms with Crippen molar-refractivity contribution < 1.29 is 4.74 Å². The summed E-state index contributed by atoms with van der Waals surface area (Å²) in [4.78, 5) is 0. The van der Waals surface area contributed by atoms with Crippen molar-refractivity contribution in [1.29, 1.82) is 0 Å². The van der Waals surface area contributed by atoms with E-state index in [1.54, 1.807) is 0 Å². The highest BCUT2D eigenvalue weighted by Gasteiger charge is 2.08. The molecule has 0 aromatic heterocycles. The summed E-state index contributed by atoms with van der Waals surface area (Å²) in [5.74, 6) is 0.721. The summed E-state index contributed by atoms with van der Waals surface area (Å²) in [5.41, 5.74) is 2.24. The highest BCUT2D eigenvalue weighted by Crippen LogP contribution is 2.28. The van der Waals surface area contributed by atoms with Crippen LogP contribution in [-0.2, 0) is 0 Å². The van der Waals surface area contributed by atoms with Gasteiger partial charge in [-0.15, -0.1) is 0 Å². The molecule has 0 spiro atoms. The number of ether oxygens (including phenoxy) is 1. The van der Waals surface area contributed by atoms with E-state index in [2.05, 4.69) is 32.7 Å². The Morgan fingerprint density at radius 3 is 2.72 bits per heavy atom. The van der Waals surface area contributed by atoms with Crippen molar-refractivity contribution in [2.24, 2.45) is 0 Å². The lowest BCUT2D eigenvalue weighted by molar-refractivity contribution is 0.349. The van der Waals surface area contributed by atoms with Crippen LogP contribution in [0.15, 0.2) is 30.4 Å². The molecule has 0 fully saturated rings. The second-order valence-corrected chi connectivity index (χ2v) is 4.77. The van der Waals surface area contributed by atoms with Crippen molar-refractivity contribution in [3.8, 4) is 5.75 Å². The van der Waals surface area contributed by atoms with E-state index in [4.69, 9.17) is 16.3 Å². The van der Waals surface area contributed by atoms with E-state index in [1.165, 1.54) is 5.56 Å². The molecule has 0 saturated carbocycles. The average molecular weight is 268 g/mol. The van der Waals surface area contributed by atoms with E-state index in [0.29, 0.717) is 17.7 Å². The molecule has 1 N–H and O–H groups in total. The molecule has 18 heavy (non-hydrogen) atoms. The maximum absolute atomic E-state index is 6.22. The van der Waals surface area contributed by atoms with Crippen LogP contribution in [0.3, 0.4) is 0 Å². The Bertz CT molecular complexity index is 403. The lowest BCUT2D eigenvalue weighted by Crippen LogP contribution is -2.17. The molecule has 1 unspecified atom stereocenters. The van der Waals surface area contributed by atoms with Gasteiger partial charge in [-0.1, -0.05) is 38.1 Å². The topological polar surface area (TPSA) is 21.3 Å². The van der Waals surface area contributed by atoms with Gasteiger partial charge in [0.2, 0.25) is 0 Å². The van der Waals surface area contributed by atoms with Crippen molar-refractivity contribution in [1.82, 2.24) is 5.32 Å². The Labute approximate surface area is 115 Å². The minimum absolute atomic E-state index is 0.298. The van der Waals surface area contributed by atoms with Gasteiger partial charge in [0.05, 0.1) is 5.02 Å². The zero-order valence-electron chi connectivity index (χ0n) is 11.4. The molecule has 1 aromatic carbocycles. The first kappa shape index (κ1) is 15.1. The maximum Gasteiger partial charge on any atom is 0.138 e. The van der Waals surface area contributed by atoms with Gasteiger partial charge in [-0.2, -0.15) is 0 Å². The van der Waals surface area contributed by atoms with E-state index in [-0.39, 0.29) is 0 Å². The van der Waals surface area contributed by atoms with Crippen molar-refractivity contribution in [3.05, 3.63) is 40.9 Å². The average Bonchev–Trinajstić information content (AvgIpc) is 2.37. The number of halogens is 1. The lowest BCUT2D eigenvalue weighted by Gasteiger charge is -2.15. The second-order valence-electron chi connectivity index (χ2n) is 4.36. The largest absolute Gasteiger partial charge is 0.488 e. The van der Waals surface area contributed by atoms with Gasteiger partial charge < -0.3 is 10.1 Å². The van der Waals surface area contributed by atoms with Crippen LogP contribution < -0.4 is 10.1 Å². The number of rotatable bonds is 7. The van der Waals surface area contributed by atoms with Gasteiger partial charge in [0.15, 0.2) is 0 Å². The molecule has 2 nitrogen and oxygen atoms in total.